The standard InChI is InChI=1S/C30H30N8O3/c31-29-28-24(25-6-10-34-37(25)22-7-11-41-12-8-22)15-27(38(28)35-18-33-29)20-4-1-3-19(13-20)26-14-23(39)17-36(26)30(40)21-5-2-9-32-16-21/h1-6,9-10,13,15-16,18,22-23,26,39H,7-8,11-12,14,17H2,(H2,31,33,35)/t23-,26+/m1/s1. The molecule has 0 spiro atoms. The topological polar surface area (TPSA) is 137 Å². The fraction of sp³-hybridized carbons (Fsp3) is 0.300. The first-order valence-corrected chi connectivity index (χ1v) is 13.8. The van der Waals surface area contributed by atoms with Crippen LogP contribution >= 0.6 is 0 Å². The number of benzene rings is 1. The highest BCUT2D eigenvalue weighted by Crippen LogP contribution is 2.39. The van der Waals surface area contributed by atoms with E-state index in [2.05, 4.69) is 37.0 Å². The van der Waals surface area contributed by atoms with Crippen LogP contribution in [0.3, 0.4) is 0 Å². The summed E-state index contributed by atoms with van der Waals surface area (Å²) in [5.74, 6) is 0.228. The third kappa shape index (κ3) is 4.52. The molecule has 4 aromatic heterocycles. The van der Waals surface area contributed by atoms with Gasteiger partial charge in [0.25, 0.3) is 5.91 Å². The van der Waals surface area contributed by atoms with Crippen molar-refractivity contribution in [3.05, 3.63) is 84.6 Å². The minimum Gasteiger partial charge on any atom is -0.391 e. The summed E-state index contributed by atoms with van der Waals surface area (Å²) < 4.78 is 9.45. The fourth-order valence-electron chi connectivity index (χ4n) is 6.13. The number of nitrogen functional groups attached to an aromatic ring is 1. The highest BCUT2D eigenvalue weighted by molar-refractivity contribution is 5.94. The Labute approximate surface area is 236 Å². The van der Waals surface area contributed by atoms with Crippen LogP contribution in [-0.4, -0.2) is 71.1 Å². The van der Waals surface area contributed by atoms with Gasteiger partial charge in [-0.15, -0.1) is 0 Å². The van der Waals surface area contributed by atoms with E-state index in [0.29, 0.717) is 36.5 Å². The van der Waals surface area contributed by atoms with Crippen molar-refractivity contribution in [3.63, 3.8) is 0 Å². The number of ether oxygens (including phenoxy) is 1. The Morgan fingerprint density at radius 3 is 2.73 bits per heavy atom. The average molecular weight is 551 g/mol. The Kier molecular flexibility index (Phi) is 6.44. The second-order valence-corrected chi connectivity index (χ2v) is 10.6. The zero-order valence-corrected chi connectivity index (χ0v) is 22.4. The molecule has 1 aromatic carbocycles. The number of aliphatic hydroxyl groups excluding tert-OH is 1. The molecule has 0 unspecified atom stereocenters. The number of carbonyl (C=O) groups excluding carboxylic acids is 1. The maximum absolute atomic E-state index is 13.4. The van der Waals surface area contributed by atoms with Gasteiger partial charge in [-0.25, -0.2) is 9.50 Å². The minimum absolute atomic E-state index is 0.151. The van der Waals surface area contributed by atoms with Crippen LogP contribution in [0.4, 0.5) is 5.82 Å². The molecule has 2 fully saturated rings. The first kappa shape index (κ1) is 25.4. The number of hydrogen-bond acceptors (Lipinski definition) is 8. The summed E-state index contributed by atoms with van der Waals surface area (Å²) in [5.41, 5.74) is 12.2. The summed E-state index contributed by atoms with van der Waals surface area (Å²) in [7, 11) is 0. The number of pyridine rings is 1. The molecule has 2 saturated heterocycles. The first-order valence-electron chi connectivity index (χ1n) is 13.8. The molecule has 0 bridgehead atoms. The molecule has 7 rings (SSSR count). The number of β-amino-alcohol motifs (C(OH)–C–C–N with tert-alkyl or cyclic N) is 1. The molecule has 2 atom stereocenters. The number of hydrogen-bond donors (Lipinski definition) is 2. The van der Waals surface area contributed by atoms with Gasteiger partial charge in [-0.1, -0.05) is 18.2 Å². The van der Waals surface area contributed by atoms with Gasteiger partial charge in [0, 0.05) is 49.5 Å². The number of rotatable bonds is 5. The summed E-state index contributed by atoms with van der Waals surface area (Å²) in [4.78, 5) is 23.5. The van der Waals surface area contributed by atoms with Gasteiger partial charge in [0.05, 0.1) is 35.1 Å². The third-order valence-corrected chi connectivity index (χ3v) is 8.08. The van der Waals surface area contributed by atoms with Crippen molar-refractivity contribution in [2.45, 2.75) is 37.5 Å². The van der Waals surface area contributed by atoms with Crippen LogP contribution in [0.2, 0.25) is 0 Å². The van der Waals surface area contributed by atoms with E-state index in [1.165, 1.54) is 6.33 Å². The fourth-order valence-corrected chi connectivity index (χ4v) is 6.13. The van der Waals surface area contributed by atoms with Crippen LogP contribution in [0.25, 0.3) is 28.0 Å². The molecule has 0 radical (unpaired) electrons. The number of likely N-dealkylation sites (tertiary alicyclic amines) is 1. The van der Waals surface area contributed by atoms with Crippen LogP contribution in [-0.2, 0) is 4.74 Å². The number of fused-ring (bicyclic) bond motifs is 1. The Morgan fingerprint density at radius 1 is 1.02 bits per heavy atom. The van der Waals surface area contributed by atoms with Gasteiger partial charge in [0.15, 0.2) is 5.82 Å². The molecule has 3 N–H and O–H groups in total. The molecule has 6 heterocycles. The largest absolute Gasteiger partial charge is 0.391 e. The monoisotopic (exact) mass is 550 g/mol. The number of amides is 1. The van der Waals surface area contributed by atoms with Crippen molar-refractivity contribution >= 4 is 17.2 Å². The maximum Gasteiger partial charge on any atom is 0.256 e. The van der Waals surface area contributed by atoms with Gasteiger partial charge in [0.1, 0.15) is 11.8 Å². The van der Waals surface area contributed by atoms with Gasteiger partial charge in [0.2, 0.25) is 0 Å². The van der Waals surface area contributed by atoms with Crippen molar-refractivity contribution in [2.75, 3.05) is 25.5 Å². The molecule has 208 valence electrons. The number of anilines is 1. The zero-order valence-electron chi connectivity index (χ0n) is 22.4. The highest BCUT2D eigenvalue weighted by atomic mass is 16.5. The molecule has 2 aliphatic rings. The Morgan fingerprint density at radius 2 is 1.90 bits per heavy atom. The van der Waals surface area contributed by atoms with Crippen LogP contribution in [0, 0.1) is 0 Å². The van der Waals surface area contributed by atoms with E-state index in [9.17, 15) is 9.90 Å². The number of nitrogens with two attached hydrogens (primary N) is 1. The normalized spacial score (nSPS) is 19.7. The van der Waals surface area contributed by atoms with E-state index in [1.807, 2.05) is 35.0 Å². The van der Waals surface area contributed by atoms with Gasteiger partial charge in [-0.05, 0) is 55.2 Å². The number of nitrogens with zero attached hydrogens (tertiary/aromatic N) is 7. The second kappa shape index (κ2) is 10.4. The number of carbonyl (C=O) groups is 1. The van der Waals surface area contributed by atoms with Gasteiger partial charge >= 0.3 is 0 Å². The summed E-state index contributed by atoms with van der Waals surface area (Å²) in [6, 6.07) is 15.6. The van der Waals surface area contributed by atoms with Crippen LogP contribution < -0.4 is 5.73 Å². The predicted octanol–water partition coefficient (Wildman–Crippen LogP) is 3.54. The lowest BCUT2D eigenvalue weighted by atomic mass is 9.99. The molecule has 2 aliphatic heterocycles. The van der Waals surface area contributed by atoms with Crippen molar-refractivity contribution in [3.8, 4) is 22.5 Å². The van der Waals surface area contributed by atoms with Crippen LogP contribution in [0.1, 0.15) is 47.3 Å². The van der Waals surface area contributed by atoms with E-state index in [0.717, 1.165) is 40.9 Å². The van der Waals surface area contributed by atoms with Crippen molar-refractivity contribution in [1.29, 1.82) is 0 Å². The maximum atomic E-state index is 13.4. The molecule has 1 amide bonds. The number of aromatic nitrogens is 6. The second-order valence-electron chi connectivity index (χ2n) is 10.6. The van der Waals surface area contributed by atoms with E-state index in [4.69, 9.17) is 10.5 Å². The Hall–Kier alpha value is -4.61. The minimum atomic E-state index is -0.608. The van der Waals surface area contributed by atoms with Gasteiger partial charge < -0.3 is 20.5 Å². The van der Waals surface area contributed by atoms with Crippen LogP contribution in [0.5, 0.6) is 0 Å². The first-order chi connectivity index (χ1) is 20.1. The molecule has 41 heavy (non-hydrogen) atoms. The van der Waals surface area contributed by atoms with Crippen molar-refractivity contribution in [2.24, 2.45) is 0 Å². The smallest absolute Gasteiger partial charge is 0.256 e. The highest BCUT2D eigenvalue weighted by Gasteiger charge is 2.36. The SMILES string of the molecule is Nc1ncnn2c(-c3cccc([C@@H]4C[C@@H](O)CN4C(=O)c4cccnc4)c3)cc(-c3ccnn3C3CCOCC3)c12. The molecule has 0 aliphatic carbocycles. The lowest BCUT2D eigenvalue weighted by molar-refractivity contribution is 0.0667. The summed E-state index contributed by atoms with van der Waals surface area (Å²) in [6.45, 7) is 1.68. The summed E-state index contributed by atoms with van der Waals surface area (Å²) in [6.07, 6.45) is 8.09. The molecule has 0 saturated carbocycles. The summed E-state index contributed by atoms with van der Waals surface area (Å²) >= 11 is 0. The predicted molar refractivity (Wildman–Crippen MR) is 152 cm³/mol. The third-order valence-electron chi connectivity index (χ3n) is 8.08. The molecule has 11 heteroatoms. The van der Waals surface area contributed by atoms with Gasteiger partial charge in [-0.2, -0.15) is 10.2 Å². The average Bonchev–Trinajstić information content (AvgIpc) is 3.75. The number of aliphatic hydroxyl groups is 1. The molecule has 11 nitrogen and oxygen atoms in total. The van der Waals surface area contributed by atoms with Gasteiger partial charge in [-0.3, -0.25) is 14.5 Å². The van der Waals surface area contributed by atoms with Crippen LogP contribution in [0.15, 0.2) is 73.4 Å². The van der Waals surface area contributed by atoms with Crippen molar-refractivity contribution in [1.82, 2.24) is 34.3 Å². The lowest BCUT2D eigenvalue weighted by Gasteiger charge is -2.25. The van der Waals surface area contributed by atoms with E-state index < -0.39 is 6.10 Å². The quantitative estimate of drug-likeness (QED) is 0.339. The van der Waals surface area contributed by atoms with E-state index >= 15 is 0 Å². The molecule has 5 aromatic rings. The Balaban J connectivity index is 1.30. The Bertz CT molecular complexity index is 1710. The van der Waals surface area contributed by atoms with Crippen molar-refractivity contribution < 1.29 is 14.6 Å². The molecular weight excluding hydrogens is 520 g/mol. The lowest BCUT2D eigenvalue weighted by Crippen LogP contribution is -2.31. The van der Waals surface area contributed by atoms with E-state index in [1.54, 1.807) is 29.4 Å². The summed E-state index contributed by atoms with van der Waals surface area (Å²) in [5, 5.41) is 19.8. The van der Waals surface area contributed by atoms with E-state index in [-0.39, 0.29) is 24.5 Å². The zero-order chi connectivity index (χ0) is 27.9. The molecular formula is C30H30N8O3.